The van der Waals surface area contributed by atoms with Crippen LogP contribution in [0.2, 0.25) is 0 Å². The van der Waals surface area contributed by atoms with Gasteiger partial charge in [0.1, 0.15) is 6.42 Å². The molecule has 0 saturated carbocycles. The minimum Gasteiger partial charge on any atom is -0.246 e. The van der Waals surface area contributed by atoms with Gasteiger partial charge in [0.25, 0.3) is 0 Å². The van der Waals surface area contributed by atoms with E-state index in [4.69, 9.17) is 0 Å². The fraction of sp³-hybridized carbons (Fsp3) is 0.368. The molecule has 0 heterocycles. The summed E-state index contributed by atoms with van der Waals surface area (Å²) in [6.45, 7) is 2.19. The fourth-order valence-electron chi connectivity index (χ4n) is 2.30. The van der Waals surface area contributed by atoms with Crippen molar-refractivity contribution in [2.45, 2.75) is 32.6 Å². The van der Waals surface area contributed by atoms with Crippen LogP contribution in [0.25, 0.3) is 11.1 Å². The zero-order valence-corrected chi connectivity index (χ0v) is 16.3. The lowest BCUT2D eigenvalue weighted by molar-refractivity contribution is 0.380. The average molecular weight is 448 g/mol. The summed E-state index contributed by atoms with van der Waals surface area (Å²) in [7, 11) is 0.559. The lowest BCUT2D eigenvalue weighted by Gasteiger charge is -2.09. The summed E-state index contributed by atoms with van der Waals surface area (Å²) in [4.78, 5) is 0. The van der Waals surface area contributed by atoms with Crippen LogP contribution in [0.3, 0.4) is 0 Å². The second-order valence-corrected chi connectivity index (χ2v) is 7.13. The topological polar surface area (TPSA) is 0 Å². The summed E-state index contributed by atoms with van der Waals surface area (Å²) in [5.74, 6) is -17.6. The molecule has 2 aromatic carbocycles. The van der Waals surface area contributed by atoms with E-state index in [0.717, 1.165) is 6.16 Å². The van der Waals surface area contributed by atoms with Crippen LogP contribution in [-0.2, 0) is 0 Å². The van der Waals surface area contributed by atoms with Gasteiger partial charge in [-0.3, -0.25) is 0 Å². The molecular weight excluding hydrogens is 430 g/mol. The predicted molar refractivity (Wildman–Crippen MR) is 94.8 cm³/mol. The van der Waals surface area contributed by atoms with E-state index >= 15 is 0 Å². The zero-order chi connectivity index (χ0) is 22.1. The number of hydrogen-bond acceptors (Lipinski definition) is 0. The van der Waals surface area contributed by atoms with Crippen molar-refractivity contribution in [1.29, 1.82) is 0 Å². The summed E-state index contributed by atoms with van der Waals surface area (Å²) < 4.78 is 116. The fourth-order valence-corrected chi connectivity index (χ4v) is 2.94. The number of unbranched alkanes of at least 4 members (excludes halogenated alkanes) is 3. The molecule has 0 aliphatic heterocycles. The van der Waals surface area contributed by atoms with Crippen molar-refractivity contribution in [3.05, 3.63) is 58.7 Å². The van der Waals surface area contributed by atoms with Crippen molar-refractivity contribution < 1.29 is 39.5 Å². The Labute approximate surface area is 163 Å². The highest BCUT2D eigenvalue weighted by Crippen LogP contribution is 2.34. The molecule has 29 heavy (non-hydrogen) atoms. The van der Waals surface area contributed by atoms with Crippen molar-refractivity contribution in [3.63, 3.8) is 0 Å². The quantitative estimate of drug-likeness (QED) is 0.134. The van der Waals surface area contributed by atoms with Crippen LogP contribution in [0.1, 0.15) is 32.6 Å². The van der Waals surface area contributed by atoms with Gasteiger partial charge >= 0.3 is 0 Å². The second kappa shape index (κ2) is 12.1. The van der Waals surface area contributed by atoms with Gasteiger partial charge in [-0.15, -0.1) is 0 Å². The Hall–Kier alpha value is -1.76. The minimum atomic E-state index is -2.44. The molecule has 0 nitrogen and oxygen atoms in total. The van der Waals surface area contributed by atoms with Gasteiger partial charge in [0.2, 0.25) is 5.82 Å². The largest absolute Gasteiger partial charge is 0.246 e. The predicted octanol–water partition coefficient (Wildman–Crippen LogP) is 7.64. The molecule has 2 aromatic rings. The summed E-state index contributed by atoms with van der Waals surface area (Å²) in [6, 6.07) is 0.665. The van der Waals surface area contributed by atoms with Crippen molar-refractivity contribution in [2.24, 2.45) is 0 Å². The second-order valence-electron chi connectivity index (χ2n) is 5.86. The normalized spacial score (nSPS) is 11.1. The lowest BCUT2D eigenvalue weighted by atomic mass is 10.0. The number of benzene rings is 2. The Balaban J connectivity index is 0.000000396. The number of hydrogen-bond donors (Lipinski definition) is 0. The van der Waals surface area contributed by atoms with Crippen molar-refractivity contribution >= 4 is 8.58 Å². The van der Waals surface area contributed by atoms with Gasteiger partial charge < -0.3 is 0 Å². The molecule has 162 valence electrons. The third-order valence-corrected chi connectivity index (χ3v) is 4.71. The molecule has 0 aliphatic rings. The Morgan fingerprint density at radius 3 is 1.72 bits per heavy atom. The number of rotatable bonds is 7. The molecule has 1 unspecified atom stereocenters. The summed E-state index contributed by atoms with van der Waals surface area (Å²) in [5, 5.41) is 0. The molecule has 0 bridgehead atoms. The van der Waals surface area contributed by atoms with Crippen molar-refractivity contribution in [1.82, 2.24) is 0 Å². The highest BCUT2D eigenvalue weighted by molar-refractivity contribution is 7.37. The molecule has 0 aliphatic carbocycles. The zero-order valence-electron chi connectivity index (χ0n) is 15.3. The Kier molecular flexibility index (Phi) is 10.5. The first-order chi connectivity index (χ1) is 13.7. The van der Waals surface area contributed by atoms with E-state index in [2.05, 4.69) is 6.92 Å². The monoisotopic (exact) mass is 448 g/mol. The van der Waals surface area contributed by atoms with Crippen molar-refractivity contribution in [3.8, 4) is 11.1 Å². The maximum Gasteiger partial charge on any atom is 0.200 e. The number of alkyl halides is 1. The van der Waals surface area contributed by atoms with Gasteiger partial charge in [-0.2, -0.15) is 0 Å². The van der Waals surface area contributed by atoms with Gasteiger partial charge in [-0.1, -0.05) is 34.8 Å². The van der Waals surface area contributed by atoms with Crippen molar-refractivity contribution in [2.75, 3.05) is 12.6 Å². The van der Waals surface area contributed by atoms with Gasteiger partial charge in [0.05, 0.1) is 5.56 Å². The van der Waals surface area contributed by atoms with E-state index in [1.165, 1.54) is 25.7 Å². The van der Waals surface area contributed by atoms with E-state index in [9.17, 15) is 39.5 Å². The first kappa shape index (κ1) is 25.3. The summed E-state index contributed by atoms with van der Waals surface area (Å²) in [6.07, 6.45) is 6.12. The summed E-state index contributed by atoms with van der Waals surface area (Å²) >= 11 is 0. The molecule has 0 N–H and O–H groups in total. The third kappa shape index (κ3) is 6.36. The highest BCUT2D eigenvalue weighted by Gasteiger charge is 2.29. The molecule has 0 saturated heterocycles. The number of halogens is 9. The van der Waals surface area contributed by atoms with Crippen LogP contribution in [0.15, 0.2) is 12.1 Å². The molecule has 0 aromatic heterocycles. The molecule has 1 atom stereocenters. The van der Waals surface area contributed by atoms with E-state index in [0.29, 0.717) is 20.7 Å². The Bertz CT molecular complexity index is 789. The van der Waals surface area contributed by atoms with Crippen LogP contribution in [0.5, 0.6) is 0 Å². The SMILES string of the molecule is CCCCCCPCF.Fc1ccc(-c2c(F)c(F)c(F)c(F)c2F)c(F)c1F. The van der Waals surface area contributed by atoms with Gasteiger partial charge in [0.15, 0.2) is 40.7 Å². The molecule has 10 heteroatoms. The van der Waals surface area contributed by atoms with Gasteiger partial charge in [-0.25, -0.2) is 39.5 Å². The highest BCUT2D eigenvalue weighted by atomic mass is 31.1. The van der Waals surface area contributed by atoms with E-state index in [1.807, 2.05) is 0 Å². The van der Waals surface area contributed by atoms with Crippen LogP contribution in [-0.4, -0.2) is 12.6 Å². The standard InChI is InChI=1S/C12H2F8.C7H16FP/c13-4-2-1-3(6(14)7(4)15)5-8(16)10(18)12(20)11(19)9(5)17;1-2-3-4-5-6-9-7-8/h1-2H;9H,2-7H2,1H3. The Morgan fingerprint density at radius 1 is 0.655 bits per heavy atom. The van der Waals surface area contributed by atoms with E-state index < -0.39 is 57.7 Å². The third-order valence-electron chi connectivity index (χ3n) is 3.82. The van der Waals surface area contributed by atoms with Crippen LogP contribution in [0.4, 0.5) is 39.5 Å². The average Bonchev–Trinajstić information content (AvgIpc) is 2.71. The maximum atomic E-state index is 13.4. The van der Waals surface area contributed by atoms with E-state index in [-0.39, 0.29) is 6.42 Å². The lowest BCUT2D eigenvalue weighted by Crippen LogP contribution is -2.06. The summed E-state index contributed by atoms with van der Waals surface area (Å²) in [5.41, 5.74) is -2.95. The first-order valence-electron chi connectivity index (χ1n) is 8.60. The molecule has 0 spiro atoms. The molecule has 2 rings (SSSR count). The minimum absolute atomic E-state index is 0.105. The molecule has 0 radical (unpaired) electrons. The van der Waals surface area contributed by atoms with Crippen LogP contribution < -0.4 is 0 Å². The smallest absolute Gasteiger partial charge is 0.200 e. The first-order valence-corrected chi connectivity index (χ1v) is 10.0. The van der Waals surface area contributed by atoms with Gasteiger partial charge in [0, 0.05) is 5.56 Å². The van der Waals surface area contributed by atoms with Gasteiger partial charge in [-0.05, 0) is 24.7 Å². The van der Waals surface area contributed by atoms with E-state index in [1.54, 1.807) is 0 Å². The molecule has 0 fully saturated rings. The molecule has 0 amide bonds. The maximum absolute atomic E-state index is 13.4. The van der Waals surface area contributed by atoms with Crippen LogP contribution >= 0.6 is 8.58 Å². The van der Waals surface area contributed by atoms with Crippen LogP contribution in [0, 0.1) is 46.5 Å². The Morgan fingerprint density at radius 2 is 1.21 bits per heavy atom. The molecular formula is C19H18F9P.